The van der Waals surface area contributed by atoms with Crippen LogP contribution in [0.2, 0.25) is 5.02 Å². The molecule has 1 heterocycles. The minimum atomic E-state index is -3.54. The Hall–Kier alpha value is -0.710. The van der Waals surface area contributed by atoms with Gasteiger partial charge in [0.15, 0.2) is 0 Å². The molecular weight excluding hydrogens is 376 g/mol. The first-order valence-corrected chi connectivity index (χ1v) is 11.0. The zero-order chi connectivity index (χ0) is 17.8. The van der Waals surface area contributed by atoms with Crippen molar-refractivity contribution in [3.05, 3.63) is 34.9 Å². The lowest BCUT2D eigenvalue weighted by atomic mass is 10.2. The molecule has 0 atom stereocenters. The van der Waals surface area contributed by atoms with Crippen LogP contribution in [0.3, 0.4) is 0 Å². The van der Waals surface area contributed by atoms with Gasteiger partial charge in [0.25, 0.3) is 0 Å². The van der Waals surface area contributed by atoms with E-state index in [-0.39, 0.29) is 44.3 Å². The molecule has 0 spiro atoms. The SMILES string of the molecule is COCCS(=O)(=O)N1CCN(S(=O)(=O)Cc2ccccc2Cl)CC1. The lowest BCUT2D eigenvalue weighted by Gasteiger charge is -2.33. The van der Waals surface area contributed by atoms with Gasteiger partial charge in [0.1, 0.15) is 0 Å². The van der Waals surface area contributed by atoms with Gasteiger partial charge < -0.3 is 4.74 Å². The van der Waals surface area contributed by atoms with Crippen molar-refractivity contribution < 1.29 is 21.6 Å². The predicted molar refractivity (Wildman–Crippen MR) is 92.9 cm³/mol. The number of rotatable bonds is 7. The third kappa shape index (κ3) is 4.90. The largest absolute Gasteiger partial charge is 0.384 e. The van der Waals surface area contributed by atoms with E-state index in [1.54, 1.807) is 24.3 Å². The molecule has 0 aliphatic carbocycles. The molecule has 136 valence electrons. The van der Waals surface area contributed by atoms with Crippen LogP contribution in [0.5, 0.6) is 0 Å². The van der Waals surface area contributed by atoms with Crippen LogP contribution in [0.15, 0.2) is 24.3 Å². The molecule has 7 nitrogen and oxygen atoms in total. The van der Waals surface area contributed by atoms with Crippen molar-refractivity contribution in [3.8, 4) is 0 Å². The summed E-state index contributed by atoms with van der Waals surface area (Å²) in [5.74, 6) is -0.293. The second-order valence-corrected chi connectivity index (χ2v) is 9.92. The van der Waals surface area contributed by atoms with Gasteiger partial charge in [0.2, 0.25) is 20.0 Å². The van der Waals surface area contributed by atoms with Crippen LogP contribution in [-0.4, -0.2) is 71.1 Å². The average molecular weight is 397 g/mol. The highest BCUT2D eigenvalue weighted by Crippen LogP contribution is 2.21. The third-order valence-electron chi connectivity index (χ3n) is 3.83. The number of benzene rings is 1. The van der Waals surface area contributed by atoms with Crippen LogP contribution in [0, 0.1) is 0 Å². The molecule has 1 aliphatic rings. The summed E-state index contributed by atoms with van der Waals surface area (Å²) in [4.78, 5) is 0. The molecular formula is C14H21ClN2O5S2. The van der Waals surface area contributed by atoms with E-state index in [1.807, 2.05) is 0 Å². The Bertz CT molecular complexity index is 759. The molecule has 0 unspecified atom stereocenters. The molecule has 1 aliphatic heterocycles. The van der Waals surface area contributed by atoms with Gasteiger partial charge in [-0.15, -0.1) is 0 Å². The molecule has 0 aromatic heterocycles. The second kappa shape index (κ2) is 8.11. The molecule has 10 heteroatoms. The number of nitrogens with zero attached hydrogens (tertiary/aromatic N) is 2. The van der Waals surface area contributed by atoms with Gasteiger partial charge >= 0.3 is 0 Å². The zero-order valence-electron chi connectivity index (χ0n) is 13.4. The molecule has 2 rings (SSSR count). The van der Waals surface area contributed by atoms with Gasteiger partial charge in [-0.25, -0.2) is 16.8 Å². The molecule has 0 amide bonds. The van der Waals surface area contributed by atoms with Crippen molar-refractivity contribution >= 4 is 31.6 Å². The zero-order valence-corrected chi connectivity index (χ0v) is 15.8. The summed E-state index contributed by atoms with van der Waals surface area (Å²) in [5, 5.41) is 0.404. The Morgan fingerprint density at radius 2 is 1.54 bits per heavy atom. The topological polar surface area (TPSA) is 84.0 Å². The van der Waals surface area contributed by atoms with Gasteiger partial charge in [0.05, 0.1) is 18.1 Å². The molecule has 0 bridgehead atoms. The highest BCUT2D eigenvalue weighted by atomic mass is 35.5. The van der Waals surface area contributed by atoms with Crippen LogP contribution in [0.4, 0.5) is 0 Å². The fourth-order valence-electron chi connectivity index (χ4n) is 2.45. The van der Waals surface area contributed by atoms with Gasteiger partial charge in [0, 0.05) is 38.3 Å². The van der Waals surface area contributed by atoms with E-state index in [4.69, 9.17) is 16.3 Å². The van der Waals surface area contributed by atoms with E-state index in [0.29, 0.717) is 10.6 Å². The molecule has 1 fully saturated rings. The molecule has 24 heavy (non-hydrogen) atoms. The van der Waals surface area contributed by atoms with Gasteiger partial charge in [-0.2, -0.15) is 8.61 Å². The van der Waals surface area contributed by atoms with Crippen LogP contribution in [0.25, 0.3) is 0 Å². The van der Waals surface area contributed by atoms with E-state index in [2.05, 4.69) is 0 Å². The smallest absolute Gasteiger partial charge is 0.218 e. The Morgan fingerprint density at radius 1 is 1.00 bits per heavy atom. The molecule has 1 aromatic rings. The Labute approximate surface area is 148 Å². The Kier molecular flexibility index (Phi) is 6.63. The quantitative estimate of drug-likeness (QED) is 0.679. The number of piperazine rings is 1. The van der Waals surface area contributed by atoms with Crippen LogP contribution in [0.1, 0.15) is 5.56 Å². The second-order valence-electron chi connectivity index (χ2n) is 5.45. The summed E-state index contributed by atoms with van der Waals surface area (Å²) >= 11 is 6.02. The van der Waals surface area contributed by atoms with E-state index in [1.165, 1.54) is 15.7 Å². The van der Waals surface area contributed by atoms with E-state index < -0.39 is 20.0 Å². The van der Waals surface area contributed by atoms with E-state index in [9.17, 15) is 16.8 Å². The number of hydrogen-bond donors (Lipinski definition) is 0. The van der Waals surface area contributed by atoms with Crippen molar-refractivity contribution in [2.24, 2.45) is 0 Å². The van der Waals surface area contributed by atoms with Crippen LogP contribution in [-0.2, 0) is 30.5 Å². The number of halogens is 1. The van der Waals surface area contributed by atoms with Crippen LogP contribution < -0.4 is 0 Å². The average Bonchev–Trinajstić information content (AvgIpc) is 2.55. The molecule has 1 aromatic carbocycles. The van der Waals surface area contributed by atoms with E-state index in [0.717, 1.165) is 0 Å². The summed E-state index contributed by atoms with van der Waals surface area (Å²) in [7, 11) is -5.52. The van der Waals surface area contributed by atoms with Crippen molar-refractivity contribution in [2.45, 2.75) is 5.75 Å². The third-order valence-corrected chi connectivity index (χ3v) is 7.86. The number of methoxy groups -OCH3 is 1. The van der Waals surface area contributed by atoms with Gasteiger partial charge in [-0.05, 0) is 11.6 Å². The summed E-state index contributed by atoms with van der Waals surface area (Å²) in [5.41, 5.74) is 0.536. The maximum atomic E-state index is 12.5. The minimum absolute atomic E-state index is 0.101. The van der Waals surface area contributed by atoms with Crippen LogP contribution >= 0.6 is 11.6 Å². The van der Waals surface area contributed by atoms with Crippen molar-refractivity contribution in [1.29, 1.82) is 0 Å². The lowest BCUT2D eigenvalue weighted by molar-refractivity contribution is 0.213. The summed E-state index contributed by atoms with van der Waals surface area (Å²) < 4.78 is 56.7. The maximum absolute atomic E-state index is 12.5. The minimum Gasteiger partial charge on any atom is -0.384 e. The van der Waals surface area contributed by atoms with E-state index >= 15 is 0 Å². The standard InChI is InChI=1S/C14H21ClN2O5S2/c1-22-10-11-23(18,19)16-6-8-17(9-7-16)24(20,21)12-13-4-2-3-5-14(13)15/h2-5H,6-12H2,1H3. The highest BCUT2D eigenvalue weighted by Gasteiger charge is 2.32. The van der Waals surface area contributed by atoms with Crippen molar-refractivity contribution in [3.63, 3.8) is 0 Å². The molecule has 0 saturated carbocycles. The van der Waals surface area contributed by atoms with Gasteiger partial charge in [-0.1, -0.05) is 29.8 Å². The fourth-order valence-corrected chi connectivity index (χ4v) is 5.63. The maximum Gasteiger partial charge on any atom is 0.218 e. The fraction of sp³-hybridized carbons (Fsp3) is 0.571. The molecule has 1 saturated heterocycles. The first-order valence-electron chi connectivity index (χ1n) is 7.44. The first-order chi connectivity index (χ1) is 11.3. The highest BCUT2D eigenvalue weighted by molar-refractivity contribution is 7.89. The first kappa shape index (κ1) is 19.6. The van der Waals surface area contributed by atoms with Gasteiger partial charge in [-0.3, -0.25) is 0 Å². The molecule has 0 radical (unpaired) electrons. The summed E-state index contributed by atoms with van der Waals surface area (Å²) in [6.07, 6.45) is 0. The number of ether oxygens (including phenoxy) is 1. The summed E-state index contributed by atoms with van der Waals surface area (Å²) in [6.45, 7) is 0.687. The van der Waals surface area contributed by atoms with Crippen molar-refractivity contribution in [1.82, 2.24) is 8.61 Å². The predicted octanol–water partition coefficient (Wildman–Crippen LogP) is 0.764. The normalized spacial score (nSPS) is 17.9. The lowest BCUT2D eigenvalue weighted by Crippen LogP contribution is -2.51. The van der Waals surface area contributed by atoms with Crippen molar-refractivity contribution in [2.75, 3.05) is 45.6 Å². The number of hydrogen-bond acceptors (Lipinski definition) is 5. The molecule has 0 N–H and O–H groups in total. The summed E-state index contributed by atoms with van der Waals surface area (Å²) in [6, 6.07) is 6.79. The number of sulfonamides is 2. The Morgan fingerprint density at radius 3 is 2.08 bits per heavy atom. The Balaban J connectivity index is 2.00. The monoisotopic (exact) mass is 396 g/mol.